The molecule has 1 rings (SSSR count). The van der Waals surface area contributed by atoms with Crippen LogP contribution in [0.5, 0.6) is 5.75 Å². The van der Waals surface area contributed by atoms with Crippen molar-refractivity contribution >= 4 is 11.9 Å². The summed E-state index contributed by atoms with van der Waals surface area (Å²) in [6.45, 7) is 1.13. The van der Waals surface area contributed by atoms with Gasteiger partial charge >= 0.3 is 5.97 Å². The van der Waals surface area contributed by atoms with Gasteiger partial charge in [-0.05, 0) is 25.0 Å². The average molecular weight is 349 g/mol. The SMILES string of the molecule is O=C(O)CCCCCCCCCCNC(=O)CCOc1ccccc1. The molecule has 5 heteroatoms. The van der Waals surface area contributed by atoms with Crippen LogP contribution in [0.25, 0.3) is 0 Å². The quantitative estimate of drug-likeness (QED) is 0.466. The lowest BCUT2D eigenvalue weighted by molar-refractivity contribution is -0.137. The van der Waals surface area contributed by atoms with Gasteiger partial charge < -0.3 is 15.2 Å². The Morgan fingerprint density at radius 2 is 1.44 bits per heavy atom. The van der Waals surface area contributed by atoms with Gasteiger partial charge in [0.2, 0.25) is 5.91 Å². The van der Waals surface area contributed by atoms with E-state index in [4.69, 9.17) is 9.84 Å². The maximum atomic E-state index is 11.7. The van der Waals surface area contributed by atoms with E-state index < -0.39 is 5.97 Å². The molecule has 0 saturated heterocycles. The van der Waals surface area contributed by atoms with Crippen molar-refractivity contribution < 1.29 is 19.4 Å². The van der Waals surface area contributed by atoms with Gasteiger partial charge in [-0.25, -0.2) is 0 Å². The first-order valence-electron chi connectivity index (χ1n) is 9.35. The van der Waals surface area contributed by atoms with Crippen LogP contribution in [-0.4, -0.2) is 30.1 Å². The van der Waals surface area contributed by atoms with E-state index in [2.05, 4.69) is 5.32 Å². The fourth-order valence-electron chi connectivity index (χ4n) is 2.56. The van der Waals surface area contributed by atoms with Gasteiger partial charge in [0, 0.05) is 13.0 Å². The van der Waals surface area contributed by atoms with E-state index in [1.54, 1.807) is 0 Å². The van der Waals surface area contributed by atoms with Crippen LogP contribution in [0, 0.1) is 0 Å². The van der Waals surface area contributed by atoms with Crippen molar-refractivity contribution in [2.45, 2.75) is 64.2 Å². The second-order valence-electron chi connectivity index (χ2n) is 6.23. The first kappa shape index (κ1) is 21.0. The highest BCUT2D eigenvalue weighted by molar-refractivity contribution is 5.75. The number of carboxylic acids is 1. The molecule has 0 radical (unpaired) electrons. The van der Waals surface area contributed by atoms with Crippen molar-refractivity contribution in [1.29, 1.82) is 0 Å². The second-order valence-corrected chi connectivity index (χ2v) is 6.23. The third-order valence-corrected chi connectivity index (χ3v) is 3.98. The number of amides is 1. The third kappa shape index (κ3) is 13.0. The van der Waals surface area contributed by atoms with E-state index in [0.29, 0.717) is 13.0 Å². The minimum absolute atomic E-state index is 0.0364. The molecule has 0 unspecified atom stereocenters. The molecular weight excluding hydrogens is 318 g/mol. The number of carboxylic acid groups (broad SMARTS) is 1. The molecule has 0 heterocycles. The normalized spacial score (nSPS) is 10.4. The Hall–Kier alpha value is -2.04. The Morgan fingerprint density at radius 3 is 2.08 bits per heavy atom. The van der Waals surface area contributed by atoms with Crippen molar-refractivity contribution in [1.82, 2.24) is 5.32 Å². The van der Waals surface area contributed by atoms with Gasteiger partial charge in [-0.1, -0.05) is 56.7 Å². The van der Waals surface area contributed by atoms with Gasteiger partial charge in [0.15, 0.2) is 0 Å². The lowest BCUT2D eigenvalue weighted by Crippen LogP contribution is -2.25. The Kier molecular flexibility index (Phi) is 12.0. The molecular formula is C20H31NO4. The van der Waals surface area contributed by atoms with Gasteiger partial charge in [0.25, 0.3) is 0 Å². The first-order valence-corrected chi connectivity index (χ1v) is 9.35. The molecule has 25 heavy (non-hydrogen) atoms. The summed E-state index contributed by atoms with van der Waals surface area (Å²) in [5, 5.41) is 11.5. The van der Waals surface area contributed by atoms with Crippen LogP contribution in [0.15, 0.2) is 30.3 Å². The molecule has 5 nitrogen and oxygen atoms in total. The highest BCUT2D eigenvalue weighted by Gasteiger charge is 2.01. The van der Waals surface area contributed by atoms with Crippen LogP contribution in [-0.2, 0) is 9.59 Å². The van der Waals surface area contributed by atoms with Crippen molar-refractivity contribution in [3.63, 3.8) is 0 Å². The van der Waals surface area contributed by atoms with Crippen LogP contribution in [0.3, 0.4) is 0 Å². The predicted molar refractivity (Wildman–Crippen MR) is 98.8 cm³/mol. The molecule has 1 aromatic carbocycles. The third-order valence-electron chi connectivity index (χ3n) is 3.98. The molecule has 0 aliphatic heterocycles. The molecule has 140 valence electrons. The van der Waals surface area contributed by atoms with E-state index in [1.807, 2.05) is 30.3 Å². The van der Waals surface area contributed by atoms with E-state index in [-0.39, 0.29) is 12.3 Å². The summed E-state index contributed by atoms with van der Waals surface area (Å²) in [5.41, 5.74) is 0. The largest absolute Gasteiger partial charge is 0.493 e. The molecule has 0 fully saturated rings. The van der Waals surface area contributed by atoms with Crippen molar-refractivity contribution in [2.75, 3.05) is 13.2 Å². The molecule has 2 N–H and O–H groups in total. The molecule has 0 saturated carbocycles. The number of hydrogen-bond acceptors (Lipinski definition) is 3. The van der Waals surface area contributed by atoms with Crippen molar-refractivity contribution in [3.8, 4) is 5.75 Å². The van der Waals surface area contributed by atoms with E-state index in [1.165, 1.54) is 19.3 Å². The first-order chi connectivity index (χ1) is 12.2. The number of ether oxygens (including phenoxy) is 1. The summed E-state index contributed by atoms with van der Waals surface area (Å²) in [6.07, 6.45) is 9.23. The van der Waals surface area contributed by atoms with E-state index >= 15 is 0 Å². The number of carbonyl (C=O) groups is 2. The van der Waals surface area contributed by atoms with Gasteiger partial charge in [-0.3, -0.25) is 9.59 Å². The molecule has 0 aromatic heterocycles. The fourth-order valence-corrected chi connectivity index (χ4v) is 2.56. The molecule has 1 aromatic rings. The minimum Gasteiger partial charge on any atom is -0.493 e. The zero-order chi connectivity index (χ0) is 18.2. The summed E-state index contributed by atoms with van der Waals surface area (Å²) >= 11 is 0. The maximum Gasteiger partial charge on any atom is 0.303 e. The number of rotatable bonds is 15. The highest BCUT2D eigenvalue weighted by atomic mass is 16.5. The monoisotopic (exact) mass is 349 g/mol. The van der Waals surface area contributed by atoms with Crippen LogP contribution in [0.1, 0.15) is 64.2 Å². The number of benzene rings is 1. The standard InChI is InChI=1S/C20H31NO4/c22-19(15-17-25-18-12-8-7-9-13-18)21-16-11-6-4-2-1-3-5-10-14-20(23)24/h7-9,12-13H,1-6,10-11,14-17H2,(H,21,22)(H,23,24). The Balaban J connectivity index is 1.83. The van der Waals surface area contributed by atoms with E-state index in [9.17, 15) is 9.59 Å². The van der Waals surface area contributed by atoms with E-state index in [0.717, 1.165) is 44.4 Å². The Bertz CT molecular complexity index is 476. The number of nitrogens with one attached hydrogen (secondary N) is 1. The number of carbonyl (C=O) groups excluding carboxylic acids is 1. The number of para-hydroxylation sites is 1. The lowest BCUT2D eigenvalue weighted by Gasteiger charge is -2.07. The van der Waals surface area contributed by atoms with Crippen LogP contribution in [0.2, 0.25) is 0 Å². The lowest BCUT2D eigenvalue weighted by atomic mass is 10.1. The summed E-state index contributed by atoms with van der Waals surface area (Å²) in [6, 6.07) is 9.50. The van der Waals surface area contributed by atoms with Crippen molar-refractivity contribution in [2.24, 2.45) is 0 Å². The fraction of sp³-hybridized carbons (Fsp3) is 0.600. The second kappa shape index (κ2) is 14.3. The number of hydrogen-bond donors (Lipinski definition) is 2. The maximum absolute atomic E-state index is 11.7. The summed E-state index contributed by atoms with van der Waals surface area (Å²) in [4.78, 5) is 22.1. The summed E-state index contributed by atoms with van der Waals surface area (Å²) in [7, 11) is 0. The van der Waals surface area contributed by atoms with Crippen molar-refractivity contribution in [3.05, 3.63) is 30.3 Å². The molecule has 0 bridgehead atoms. The topological polar surface area (TPSA) is 75.6 Å². The number of aliphatic carboxylic acids is 1. The summed E-state index contributed by atoms with van der Waals surface area (Å²) < 4.78 is 5.50. The Labute approximate surface area is 150 Å². The smallest absolute Gasteiger partial charge is 0.303 e. The summed E-state index contributed by atoms with van der Waals surface area (Å²) in [5.74, 6) is 0.126. The zero-order valence-corrected chi connectivity index (χ0v) is 15.0. The highest BCUT2D eigenvalue weighted by Crippen LogP contribution is 2.10. The van der Waals surface area contributed by atoms with Crippen LogP contribution in [0.4, 0.5) is 0 Å². The van der Waals surface area contributed by atoms with Crippen LogP contribution < -0.4 is 10.1 Å². The Morgan fingerprint density at radius 1 is 0.840 bits per heavy atom. The zero-order valence-electron chi connectivity index (χ0n) is 15.0. The molecule has 0 spiro atoms. The van der Waals surface area contributed by atoms with Crippen LogP contribution >= 0.6 is 0 Å². The molecule has 0 aliphatic rings. The molecule has 1 amide bonds. The molecule has 0 atom stereocenters. The van der Waals surface area contributed by atoms with Gasteiger partial charge in [0.1, 0.15) is 5.75 Å². The van der Waals surface area contributed by atoms with Gasteiger partial charge in [-0.2, -0.15) is 0 Å². The molecule has 0 aliphatic carbocycles. The van der Waals surface area contributed by atoms with Gasteiger partial charge in [0.05, 0.1) is 13.0 Å². The predicted octanol–water partition coefficient (Wildman–Crippen LogP) is 4.17. The average Bonchev–Trinajstić information content (AvgIpc) is 2.60. The minimum atomic E-state index is -0.700. The van der Waals surface area contributed by atoms with Gasteiger partial charge in [-0.15, -0.1) is 0 Å². The number of unbranched alkanes of at least 4 members (excludes halogenated alkanes) is 7.